The summed E-state index contributed by atoms with van der Waals surface area (Å²) in [6.45, 7) is 4.17. The standard InChI is InChI=1S/C24H18ClNO3/c1-14-15(2)19(11-10-18(14)16-6-4-3-5-7-16)23-13-22(26-29-23)17-8-9-20(24(27)28)21(25)12-17/h3-13H,1-2H3,(H,27,28). The Morgan fingerprint density at radius 3 is 2.28 bits per heavy atom. The number of nitrogens with zero attached hydrogens (tertiary/aromatic N) is 1. The van der Waals surface area contributed by atoms with Gasteiger partial charge in [0.1, 0.15) is 5.69 Å². The number of hydrogen-bond acceptors (Lipinski definition) is 3. The normalized spacial score (nSPS) is 10.9. The van der Waals surface area contributed by atoms with Crippen molar-refractivity contribution in [2.75, 3.05) is 0 Å². The fourth-order valence-electron chi connectivity index (χ4n) is 3.40. The van der Waals surface area contributed by atoms with Gasteiger partial charge in [0.05, 0.1) is 10.6 Å². The van der Waals surface area contributed by atoms with Crippen molar-refractivity contribution in [1.82, 2.24) is 5.16 Å². The summed E-state index contributed by atoms with van der Waals surface area (Å²) in [6.07, 6.45) is 0. The van der Waals surface area contributed by atoms with Crippen LogP contribution in [0.3, 0.4) is 0 Å². The lowest BCUT2D eigenvalue weighted by Gasteiger charge is -2.12. The molecule has 0 saturated carbocycles. The van der Waals surface area contributed by atoms with E-state index in [0.29, 0.717) is 17.0 Å². The summed E-state index contributed by atoms with van der Waals surface area (Å²) >= 11 is 6.08. The number of carbonyl (C=O) groups is 1. The summed E-state index contributed by atoms with van der Waals surface area (Å²) < 4.78 is 5.59. The Bertz CT molecular complexity index is 1210. The molecule has 0 amide bonds. The average Bonchev–Trinajstić information content (AvgIpc) is 3.20. The second-order valence-electron chi connectivity index (χ2n) is 6.85. The summed E-state index contributed by atoms with van der Waals surface area (Å²) in [7, 11) is 0. The fourth-order valence-corrected chi connectivity index (χ4v) is 3.67. The highest BCUT2D eigenvalue weighted by Gasteiger charge is 2.16. The minimum atomic E-state index is -1.06. The predicted octanol–water partition coefficient (Wildman–Crippen LogP) is 6.64. The number of carboxylic acid groups (broad SMARTS) is 1. The summed E-state index contributed by atoms with van der Waals surface area (Å²) in [6, 6.07) is 21.0. The molecule has 0 atom stereocenters. The van der Waals surface area contributed by atoms with Crippen molar-refractivity contribution in [3.63, 3.8) is 0 Å². The van der Waals surface area contributed by atoms with Crippen LogP contribution in [-0.2, 0) is 0 Å². The highest BCUT2D eigenvalue weighted by Crippen LogP contribution is 2.34. The van der Waals surface area contributed by atoms with Crippen LogP contribution < -0.4 is 0 Å². The zero-order valence-corrected chi connectivity index (χ0v) is 16.7. The number of aromatic nitrogens is 1. The first-order chi connectivity index (χ1) is 14.0. The van der Waals surface area contributed by atoms with Gasteiger partial charge in [0.15, 0.2) is 5.76 Å². The van der Waals surface area contributed by atoms with E-state index in [4.69, 9.17) is 21.2 Å². The van der Waals surface area contributed by atoms with Crippen LogP contribution >= 0.6 is 11.6 Å². The van der Waals surface area contributed by atoms with Gasteiger partial charge in [-0.15, -0.1) is 0 Å². The quantitative estimate of drug-likeness (QED) is 0.414. The monoisotopic (exact) mass is 403 g/mol. The number of halogens is 1. The first kappa shape index (κ1) is 19.0. The van der Waals surface area contributed by atoms with Gasteiger partial charge in [-0.25, -0.2) is 4.79 Å². The second kappa shape index (κ2) is 7.57. The largest absolute Gasteiger partial charge is 0.478 e. The Labute approximate surface area is 173 Å². The Kier molecular flexibility index (Phi) is 4.95. The molecule has 0 saturated heterocycles. The maximum absolute atomic E-state index is 11.1. The van der Waals surface area contributed by atoms with Crippen molar-refractivity contribution in [2.24, 2.45) is 0 Å². The van der Waals surface area contributed by atoms with Gasteiger partial charge in [-0.3, -0.25) is 0 Å². The van der Waals surface area contributed by atoms with Crippen LogP contribution in [0.5, 0.6) is 0 Å². The molecule has 4 nitrogen and oxygen atoms in total. The smallest absolute Gasteiger partial charge is 0.337 e. The van der Waals surface area contributed by atoms with Crippen molar-refractivity contribution in [2.45, 2.75) is 13.8 Å². The van der Waals surface area contributed by atoms with E-state index in [1.807, 2.05) is 30.3 Å². The van der Waals surface area contributed by atoms with Gasteiger partial charge in [-0.05, 0) is 48.2 Å². The molecule has 0 bridgehead atoms. The van der Waals surface area contributed by atoms with Crippen molar-refractivity contribution in [1.29, 1.82) is 0 Å². The molecule has 1 heterocycles. The van der Waals surface area contributed by atoms with E-state index in [2.05, 4.69) is 37.2 Å². The van der Waals surface area contributed by atoms with E-state index < -0.39 is 5.97 Å². The Balaban J connectivity index is 1.71. The summed E-state index contributed by atoms with van der Waals surface area (Å²) in [5.41, 5.74) is 6.98. The molecular formula is C24H18ClNO3. The van der Waals surface area contributed by atoms with E-state index >= 15 is 0 Å². The first-order valence-corrected chi connectivity index (χ1v) is 9.49. The van der Waals surface area contributed by atoms with Crippen LogP contribution in [0.1, 0.15) is 21.5 Å². The molecule has 0 unspecified atom stereocenters. The van der Waals surface area contributed by atoms with E-state index in [-0.39, 0.29) is 10.6 Å². The summed E-state index contributed by atoms with van der Waals surface area (Å²) in [5.74, 6) is -0.411. The van der Waals surface area contributed by atoms with Crippen molar-refractivity contribution < 1.29 is 14.4 Å². The molecule has 5 heteroatoms. The van der Waals surface area contributed by atoms with Gasteiger partial charge in [0.2, 0.25) is 0 Å². The third kappa shape index (κ3) is 3.55. The summed E-state index contributed by atoms with van der Waals surface area (Å²) in [4.78, 5) is 11.1. The van der Waals surface area contributed by atoms with Gasteiger partial charge < -0.3 is 9.63 Å². The highest BCUT2D eigenvalue weighted by molar-refractivity contribution is 6.33. The van der Waals surface area contributed by atoms with Gasteiger partial charge in [-0.1, -0.05) is 65.3 Å². The van der Waals surface area contributed by atoms with Crippen LogP contribution in [0.25, 0.3) is 33.7 Å². The van der Waals surface area contributed by atoms with Gasteiger partial charge >= 0.3 is 5.97 Å². The number of hydrogen-bond donors (Lipinski definition) is 1. The molecule has 3 aromatic carbocycles. The molecule has 0 radical (unpaired) electrons. The van der Waals surface area contributed by atoms with E-state index in [9.17, 15) is 4.79 Å². The average molecular weight is 404 g/mol. The molecule has 4 rings (SSSR count). The molecule has 29 heavy (non-hydrogen) atoms. The minimum absolute atomic E-state index is 0.0575. The number of rotatable bonds is 4. The Morgan fingerprint density at radius 2 is 1.59 bits per heavy atom. The molecule has 0 fully saturated rings. The SMILES string of the molecule is Cc1c(-c2ccccc2)ccc(-c2cc(-c3ccc(C(=O)O)c(Cl)c3)no2)c1C. The first-order valence-electron chi connectivity index (χ1n) is 9.11. The maximum Gasteiger partial charge on any atom is 0.337 e. The highest BCUT2D eigenvalue weighted by atomic mass is 35.5. The molecule has 0 aliphatic heterocycles. The molecule has 4 aromatic rings. The van der Waals surface area contributed by atoms with E-state index in [0.717, 1.165) is 11.1 Å². The maximum atomic E-state index is 11.1. The van der Waals surface area contributed by atoms with E-state index in [1.165, 1.54) is 22.8 Å². The Morgan fingerprint density at radius 1 is 0.897 bits per heavy atom. The predicted molar refractivity (Wildman–Crippen MR) is 114 cm³/mol. The van der Waals surface area contributed by atoms with E-state index in [1.54, 1.807) is 12.1 Å². The van der Waals surface area contributed by atoms with Crippen LogP contribution in [0, 0.1) is 13.8 Å². The third-order valence-corrected chi connectivity index (χ3v) is 5.46. The van der Waals surface area contributed by atoms with Crippen LogP contribution in [0.2, 0.25) is 5.02 Å². The second-order valence-corrected chi connectivity index (χ2v) is 7.26. The number of carboxylic acids is 1. The lowest BCUT2D eigenvalue weighted by molar-refractivity contribution is 0.0697. The molecule has 144 valence electrons. The number of aromatic carboxylic acids is 1. The molecule has 0 aliphatic rings. The lowest BCUT2D eigenvalue weighted by Crippen LogP contribution is -1.97. The third-order valence-electron chi connectivity index (χ3n) is 5.14. The van der Waals surface area contributed by atoms with Crippen molar-refractivity contribution in [3.8, 4) is 33.7 Å². The van der Waals surface area contributed by atoms with Crippen molar-refractivity contribution >= 4 is 17.6 Å². The lowest BCUT2D eigenvalue weighted by atomic mass is 9.92. The zero-order valence-electron chi connectivity index (χ0n) is 15.9. The van der Waals surface area contributed by atoms with Gasteiger partial charge in [-0.2, -0.15) is 0 Å². The van der Waals surface area contributed by atoms with Crippen LogP contribution in [-0.4, -0.2) is 16.2 Å². The molecule has 1 aromatic heterocycles. The molecule has 0 spiro atoms. The Hall–Kier alpha value is -3.37. The molecule has 0 aliphatic carbocycles. The fraction of sp³-hybridized carbons (Fsp3) is 0.0833. The molecular weight excluding hydrogens is 386 g/mol. The van der Waals surface area contributed by atoms with Crippen LogP contribution in [0.4, 0.5) is 0 Å². The van der Waals surface area contributed by atoms with Gasteiger partial charge in [0.25, 0.3) is 0 Å². The van der Waals surface area contributed by atoms with Crippen LogP contribution in [0.15, 0.2) is 71.3 Å². The van der Waals surface area contributed by atoms with Gasteiger partial charge in [0, 0.05) is 17.2 Å². The van der Waals surface area contributed by atoms with Crippen molar-refractivity contribution in [3.05, 3.63) is 88.4 Å². The molecule has 1 N–H and O–H groups in total. The zero-order chi connectivity index (χ0) is 20.5. The minimum Gasteiger partial charge on any atom is -0.478 e. The number of benzene rings is 3. The summed E-state index contributed by atoms with van der Waals surface area (Å²) in [5, 5.41) is 13.4. The topological polar surface area (TPSA) is 63.3 Å².